The minimum Gasteiger partial charge on any atom is -0.508 e. The van der Waals surface area contributed by atoms with E-state index in [-0.39, 0.29) is 6.10 Å². The molecule has 1 N–H and O–H groups in total. The fraction of sp³-hybridized carbons (Fsp3) is 0.467. The number of phenolic OH excluding ortho intramolecular Hbond substituents is 1. The molecule has 1 heterocycles. The van der Waals surface area contributed by atoms with Gasteiger partial charge in [-0.15, -0.1) is 6.58 Å². The minimum atomic E-state index is 0.208. The van der Waals surface area contributed by atoms with Crippen LogP contribution in [0.15, 0.2) is 30.9 Å². The molecule has 1 fully saturated rings. The lowest BCUT2D eigenvalue weighted by Gasteiger charge is -2.44. The van der Waals surface area contributed by atoms with E-state index in [0.29, 0.717) is 11.8 Å². The van der Waals surface area contributed by atoms with Gasteiger partial charge in [0, 0.05) is 25.6 Å². The molecule has 2 atom stereocenters. The van der Waals surface area contributed by atoms with Gasteiger partial charge in [0.15, 0.2) is 0 Å². The molecule has 1 aromatic rings. The summed E-state index contributed by atoms with van der Waals surface area (Å²) in [4.78, 5) is 2.44. The lowest BCUT2D eigenvalue weighted by atomic mass is 9.84. The molecule has 18 heavy (non-hydrogen) atoms. The molecule has 1 aromatic carbocycles. The molecular formula is C15H19NO2. The van der Waals surface area contributed by atoms with Gasteiger partial charge in [0.05, 0.1) is 12.7 Å². The maximum absolute atomic E-state index is 9.93. The summed E-state index contributed by atoms with van der Waals surface area (Å²) < 4.78 is 5.88. The van der Waals surface area contributed by atoms with Crippen LogP contribution < -0.4 is 0 Å². The van der Waals surface area contributed by atoms with E-state index in [1.165, 1.54) is 5.56 Å². The van der Waals surface area contributed by atoms with Crippen LogP contribution in [0.2, 0.25) is 0 Å². The summed E-state index contributed by atoms with van der Waals surface area (Å²) in [5.41, 5.74) is 2.33. The highest BCUT2D eigenvalue weighted by Crippen LogP contribution is 2.33. The van der Waals surface area contributed by atoms with Crippen molar-refractivity contribution in [1.29, 1.82) is 0 Å². The molecule has 96 valence electrons. The standard InChI is InChI=1S/C15H19NO2/c1-2-6-16-7-8-18-15-10-12-11(9-13(15)16)4-3-5-14(12)17/h2-5,13,15,17H,1,6-10H2/t13-,15-/m0/s1. The van der Waals surface area contributed by atoms with Gasteiger partial charge in [-0.2, -0.15) is 0 Å². The highest BCUT2D eigenvalue weighted by Gasteiger charge is 2.36. The van der Waals surface area contributed by atoms with Crippen molar-refractivity contribution in [2.75, 3.05) is 19.7 Å². The Balaban J connectivity index is 1.90. The van der Waals surface area contributed by atoms with E-state index >= 15 is 0 Å². The molecule has 0 bridgehead atoms. The predicted molar refractivity (Wildman–Crippen MR) is 70.8 cm³/mol. The molecule has 0 amide bonds. The highest BCUT2D eigenvalue weighted by atomic mass is 16.5. The van der Waals surface area contributed by atoms with Crippen LogP contribution in [0.25, 0.3) is 0 Å². The van der Waals surface area contributed by atoms with Crippen LogP contribution in [-0.4, -0.2) is 41.8 Å². The van der Waals surface area contributed by atoms with Crippen LogP contribution in [0.3, 0.4) is 0 Å². The second-order valence-corrected chi connectivity index (χ2v) is 5.08. The average molecular weight is 245 g/mol. The largest absolute Gasteiger partial charge is 0.508 e. The normalized spacial score (nSPS) is 27.3. The summed E-state index contributed by atoms with van der Waals surface area (Å²) in [6, 6.07) is 6.23. The van der Waals surface area contributed by atoms with Gasteiger partial charge in [0.1, 0.15) is 5.75 Å². The van der Waals surface area contributed by atoms with E-state index in [1.54, 1.807) is 6.07 Å². The van der Waals surface area contributed by atoms with Crippen molar-refractivity contribution < 1.29 is 9.84 Å². The Hall–Kier alpha value is -1.32. The number of rotatable bonds is 2. The molecule has 0 saturated carbocycles. The maximum atomic E-state index is 9.93. The number of ether oxygens (including phenoxy) is 1. The van der Waals surface area contributed by atoms with Crippen LogP contribution in [-0.2, 0) is 17.6 Å². The summed E-state index contributed by atoms with van der Waals surface area (Å²) in [5.74, 6) is 0.412. The lowest BCUT2D eigenvalue weighted by molar-refractivity contribution is -0.0701. The second-order valence-electron chi connectivity index (χ2n) is 5.08. The molecule has 0 spiro atoms. The molecule has 0 unspecified atom stereocenters. The van der Waals surface area contributed by atoms with Crippen molar-refractivity contribution >= 4 is 0 Å². The number of phenols is 1. The number of morpholine rings is 1. The number of hydrogen-bond acceptors (Lipinski definition) is 3. The average Bonchev–Trinajstić information content (AvgIpc) is 2.38. The molecule has 0 radical (unpaired) electrons. The van der Waals surface area contributed by atoms with Crippen molar-refractivity contribution in [1.82, 2.24) is 4.90 Å². The first-order valence-electron chi connectivity index (χ1n) is 6.56. The Morgan fingerprint density at radius 1 is 1.44 bits per heavy atom. The Bertz CT molecular complexity index is 458. The van der Waals surface area contributed by atoms with Gasteiger partial charge in [-0.1, -0.05) is 18.2 Å². The second kappa shape index (κ2) is 4.75. The van der Waals surface area contributed by atoms with Gasteiger partial charge in [0.2, 0.25) is 0 Å². The molecule has 1 aliphatic carbocycles. The van der Waals surface area contributed by atoms with Crippen LogP contribution in [0, 0.1) is 0 Å². The fourth-order valence-corrected chi connectivity index (χ4v) is 3.16. The molecular weight excluding hydrogens is 226 g/mol. The Labute approximate surface area is 108 Å². The van der Waals surface area contributed by atoms with Crippen molar-refractivity contribution in [3.8, 4) is 5.75 Å². The van der Waals surface area contributed by atoms with Gasteiger partial charge in [-0.25, -0.2) is 0 Å². The van der Waals surface area contributed by atoms with Crippen LogP contribution in [0.4, 0.5) is 0 Å². The summed E-state index contributed by atoms with van der Waals surface area (Å²) in [6.07, 6.45) is 3.95. The maximum Gasteiger partial charge on any atom is 0.119 e. The number of benzene rings is 1. The zero-order valence-electron chi connectivity index (χ0n) is 10.5. The van der Waals surface area contributed by atoms with E-state index < -0.39 is 0 Å². The van der Waals surface area contributed by atoms with Gasteiger partial charge in [0.25, 0.3) is 0 Å². The first-order valence-corrected chi connectivity index (χ1v) is 6.56. The van der Waals surface area contributed by atoms with Crippen molar-refractivity contribution in [2.24, 2.45) is 0 Å². The van der Waals surface area contributed by atoms with E-state index in [4.69, 9.17) is 4.74 Å². The van der Waals surface area contributed by atoms with Gasteiger partial charge in [-0.05, 0) is 23.6 Å². The zero-order valence-corrected chi connectivity index (χ0v) is 10.5. The van der Waals surface area contributed by atoms with Crippen molar-refractivity contribution in [3.05, 3.63) is 42.0 Å². The first kappa shape index (κ1) is 11.8. The molecule has 1 saturated heterocycles. The molecule has 2 aliphatic rings. The van der Waals surface area contributed by atoms with E-state index in [1.807, 2.05) is 12.1 Å². The van der Waals surface area contributed by atoms with Crippen molar-refractivity contribution in [2.45, 2.75) is 25.0 Å². The topological polar surface area (TPSA) is 32.7 Å². The number of nitrogens with zero attached hydrogens (tertiary/aromatic N) is 1. The predicted octanol–water partition coefficient (Wildman–Crippen LogP) is 1.75. The summed E-state index contributed by atoms with van der Waals surface area (Å²) in [6.45, 7) is 6.49. The smallest absolute Gasteiger partial charge is 0.119 e. The molecule has 1 aliphatic heterocycles. The van der Waals surface area contributed by atoms with Gasteiger partial charge < -0.3 is 9.84 Å². The molecule has 3 nitrogen and oxygen atoms in total. The first-order chi connectivity index (χ1) is 8.79. The molecule has 0 aromatic heterocycles. The Morgan fingerprint density at radius 2 is 2.33 bits per heavy atom. The summed E-state index contributed by atoms with van der Waals surface area (Å²) in [5, 5.41) is 9.93. The molecule has 3 rings (SSSR count). The van der Waals surface area contributed by atoms with Crippen molar-refractivity contribution in [3.63, 3.8) is 0 Å². The number of fused-ring (bicyclic) bond motifs is 2. The molecule has 3 heteroatoms. The summed E-state index contributed by atoms with van der Waals surface area (Å²) in [7, 11) is 0. The van der Waals surface area contributed by atoms with E-state index in [2.05, 4.69) is 17.5 Å². The fourth-order valence-electron chi connectivity index (χ4n) is 3.16. The zero-order chi connectivity index (χ0) is 12.5. The minimum absolute atomic E-state index is 0.208. The number of aromatic hydroxyl groups is 1. The Kier molecular flexibility index (Phi) is 3.10. The highest BCUT2D eigenvalue weighted by molar-refractivity contribution is 5.42. The Morgan fingerprint density at radius 3 is 3.17 bits per heavy atom. The quantitative estimate of drug-likeness (QED) is 0.806. The third kappa shape index (κ3) is 1.93. The third-order valence-corrected chi connectivity index (χ3v) is 4.05. The van der Waals surface area contributed by atoms with Gasteiger partial charge in [-0.3, -0.25) is 4.90 Å². The lowest BCUT2D eigenvalue weighted by Crippen LogP contribution is -2.54. The SMILES string of the molecule is C=CCN1CCO[C@H]2Cc3c(O)cccc3C[C@@H]21. The van der Waals surface area contributed by atoms with E-state index in [0.717, 1.165) is 38.1 Å². The van der Waals surface area contributed by atoms with Crippen LogP contribution in [0.1, 0.15) is 11.1 Å². The summed E-state index contributed by atoms with van der Waals surface area (Å²) >= 11 is 0. The van der Waals surface area contributed by atoms with Crippen LogP contribution >= 0.6 is 0 Å². The van der Waals surface area contributed by atoms with Crippen LogP contribution in [0.5, 0.6) is 5.75 Å². The number of hydrogen-bond donors (Lipinski definition) is 1. The van der Waals surface area contributed by atoms with E-state index in [9.17, 15) is 5.11 Å². The van der Waals surface area contributed by atoms with Gasteiger partial charge >= 0.3 is 0 Å². The monoisotopic (exact) mass is 245 g/mol. The third-order valence-electron chi connectivity index (χ3n) is 4.05.